The van der Waals surface area contributed by atoms with Crippen molar-refractivity contribution in [3.05, 3.63) is 70.5 Å². The van der Waals surface area contributed by atoms with Gasteiger partial charge in [-0.3, -0.25) is 0 Å². The largest absolute Gasteiger partial charge is 0.444 e. The summed E-state index contributed by atoms with van der Waals surface area (Å²) in [4.78, 5) is 22.0. The molecule has 1 unspecified atom stereocenters. The molecule has 36 heavy (non-hydrogen) atoms. The van der Waals surface area contributed by atoms with Crippen LogP contribution in [0, 0.1) is 18.2 Å². The standard InChI is InChI=1S/C29H37ClFN3O2/c1-9-13-29(14-12-18(4)24-26(30)33-23(17(2)3)19(5)32-24)16-20-15-21(31)10-11-22(20)25(29)34-27(35)36-28(6,7)8/h10-11,15,25H,2,4,9,12-14,16H2,1,3,5-8H3,(H,34,35)/t25-,29?/m1/s1. The van der Waals surface area contributed by atoms with Crippen LogP contribution in [-0.4, -0.2) is 21.7 Å². The molecule has 1 aromatic carbocycles. The average molecular weight is 514 g/mol. The normalized spacial score (nSPS) is 19.1. The van der Waals surface area contributed by atoms with Crippen molar-refractivity contribution in [2.75, 3.05) is 0 Å². The molecule has 0 saturated carbocycles. The molecule has 2 aromatic rings. The number of hydrogen-bond acceptors (Lipinski definition) is 4. The van der Waals surface area contributed by atoms with E-state index in [4.69, 9.17) is 16.3 Å². The molecule has 1 aliphatic rings. The molecule has 1 aliphatic carbocycles. The second-order valence-corrected chi connectivity index (χ2v) is 11.3. The molecule has 7 heteroatoms. The van der Waals surface area contributed by atoms with Crippen LogP contribution in [0.4, 0.5) is 9.18 Å². The average Bonchev–Trinajstić information content (AvgIpc) is 3.04. The highest BCUT2D eigenvalue weighted by Gasteiger charge is 2.46. The monoisotopic (exact) mass is 513 g/mol. The van der Waals surface area contributed by atoms with Gasteiger partial charge >= 0.3 is 6.09 Å². The van der Waals surface area contributed by atoms with Gasteiger partial charge < -0.3 is 10.1 Å². The fourth-order valence-corrected chi connectivity index (χ4v) is 5.47. The van der Waals surface area contributed by atoms with Crippen molar-refractivity contribution in [3.63, 3.8) is 0 Å². The van der Waals surface area contributed by atoms with Crippen LogP contribution in [0.25, 0.3) is 11.1 Å². The predicted molar refractivity (Wildman–Crippen MR) is 144 cm³/mol. The maximum Gasteiger partial charge on any atom is 0.408 e. The van der Waals surface area contributed by atoms with Gasteiger partial charge in [0.05, 0.1) is 17.4 Å². The minimum atomic E-state index is -0.626. The zero-order chi connectivity index (χ0) is 26.8. The Balaban J connectivity index is 1.92. The number of hydrogen-bond donors (Lipinski definition) is 1. The summed E-state index contributed by atoms with van der Waals surface area (Å²) >= 11 is 6.49. The smallest absolute Gasteiger partial charge is 0.408 e. The van der Waals surface area contributed by atoms with Gasteiger partial charge in [0.1, 0.15) is 17.1 Å². The number of benzene rings is 1. The summed E-state index contributed by atoms with van der Waals surface area (Å²) in [6, 6.07) is 4.49. The van der Waals surface area contributed by atoms with Gasteiger partial charge in [-0.25, -0.2) is 19.2 Å². The van der Waals surface area contributed by atoms with Crippen LogP contribution in [0.2, 0.25) is 5.15 Å². The molecule has 1 amide bonds. The quantitative estimate of drug-likeness (QED) is 0.388. The summed E-state index contributed by atoms with van der Waals surface area (Å²) in [7, 11) is 0. The van der Waals surface area contributed by atoms with Gasteiger partial charge in [-0.2, -0.15) is 0 Å². The molecule has 1 N–H and O–H groups in total. The molecule has 0 radical (unpaired) electrons. The summed E-state index contributed by atoms with van der Waals surface area (Å²) in [6.07, 6.45) is 3.21. The number of carbonyl (C=O) groups is 1. The molecule has 2 atom stereocenters. The summed E-state index contributed by atoms with van der Waals surface area (Å²) < 4.78 is 19.7. The van der Waals surface area contributed by atoms with E-state index < -0.39 is 11.7 Å². The van der Waals surface area contributed by atoms with Crippen LogP contribution >= 0.6 is 11.6 Å². The first-order chi connectivity index (χ1) is 16.8. The third-order valence-electron chi connectivity index (χ3n) is 6.67. The second kappa shape index (κ2) is 10.7. The van der Waals surface area contributed by atoms with E-state index in [2.05, 4.69) is 35.4 Å². The molecule has 0 bridgehead atoms. The first kappa shape index (κ1) is 27.9. The van der Waals surface area contributed by atoms with Gasteiger partial charge in [0.25, 0.3) is 0 Å². The number of fused-ring (bicyclic) bond motifs is 1. The lowest BCUT2D eigenvalue weighted by atomic mass is 9.72. The molecule has 0 saturated heterocycles. The first-order valence-corrected chi connectivity index (χ1v) is 12.8. The fraction of sp³-hybridized carbons (Fsp3) is 0.483. The van der Waals surface area contributed by atoms with Crippen LogP contribution < -0.4 is 5.32 Å². The molecule has 194 valence electrons. The highest BCUT2D eigenvalue weighted by Crippen LogP contribution is 2.52. The lowest BCUT2D eigenvalue weighted by molar-refractivity contribution is 0.0435. The van der Waals surface area contributed by atoms with Gasteiger partial charge in [0.15, 0.2) is 5.15 Å². The Bertz CT molecular complexity index is 1190. The zero-order valence-corrected chi connectivity index (χ0v) is 23.0. The minimum absolute atomic E-state index is 0.281. The molecule has 0 fully saturated rings. The molecule has 1 heterocycles. The summed E-state index contributed by atoms with van der Waals surface area (Å²) in [5, 5.41) is 3.41. The van der Waals surface area contributed by atoms with Gasteiger partial charge in [0, 0.05) is 0 Å². The first-order valence-electron chi connectivity index (χ1n) is 12.4. The highest BCUT2D eigenvalue weighted by molar-refractivity contribution is 6.31. The molecule has 0 aliphatic heterocycles. The maximum atomic E-state index is 14.2. The third kappa shape index (κ3) is 6.15. The van der Waals surface area contributed by atoms with E-state index >= 15 is 0 Å². The van der Waals surface area contributed by atoms with Crippen molar-refractivity contribution in [2.45, 2.75) is 85.3 Å². The number of nitrogens with zero attached hydrogens (tertiary/aromatic N) is 2. The number of halogens is 2. The van der Waals surface area contributed by atoms with Crippen LogP contribution in [-0.2, 0) is 11.2 Å². The second-order valence-electron chi connectivity index (χ2n) is 10.9. The van der Waals surface area contributed by atoms with Crippen molar-refractivity contribution in [2.24, 2.45) is 5.41 Å². The number of amides is 1. The number of aromatic nitrogens is 2. The molecule has 3 rings (SSSR count). The Kier molecular flexibility index (Phi) is 8.29. The third-order valence-corrected chi connectivity index (χ3v) is 6.93. The van der Waals surface area contributed by atoms with E-state index in [0.29, 0.717) is 35.8 Å². The number of ether oxygens (including phenoxy) is 1. The van der Waals surface area contributed by atoms with Gasteiger partial charge in [-0.1, -0.05) is 44.2 Å². The predicted octanol–water partition coefficient (Wildman–Crippen LogP) is 8.01. The topological polar surface area (TPSA) is 64.1 Å². The van der Waals surface area contributed by atoms with Crippen molar-refractivity contribution in [3.8, 4) is 0 Å². The van der Waals surface area contributed by atoms with Crippen molar-refractivity contribution < 1.29 is 13.9 Å². The van der Waals surface area contributed by atoms with E-state index in [1.54, 1.807) is 12.1 Å². The van der Waals surface area contributed by atoms with Crippen molar-refractivity contribution in [1.82, 2.24) is 15.3 Å². The molecule has 1 aromatic heterocycles. The molecule has 5 nitrogen and oxygen atoms in total. The number of aryl methyl sites for hydroxylation is 1. The summed E-state index contributed by atoms with van der Waals surface area (Å²) in [6.45, 7) is 19.6. The van der Waals surface area contributed by atoms with Gasteiger partial charge in [-0.05, 0) is 100 Å². The fourth-order valence-electron chi connectivity index (χ4n) is 5.21. The van der Waals surface area contributed by atoms with Crippen molar-refractivity contribution >= 4 is 28.8 Å². The Morgan fingerprint density at radius 1 is 1.25 bits per heavy atom. The highest BCUT2D eigenvalue weighted by atomic mass is 35.5. The molecule has 0 spiro atoms. The zero-order valence-electron chi connectivity index (χ0n) is 22.2. The Morgan fingerprint density at radius 2 is 1.94 bits per heavy atom. The SMILES string of the molecule is C=C(C)c1nc(Cl)c(C(=C)CCC2(CCC)Cc3cc(F)ccc3[C@H]2NC(=O)OC(C)(C)C)nc1C. The maximum absolute atomic E-state index is 14.2. The van der Waals surface area contributed by atoms with Crippen LogP contribution in [0.3, 0.4) is 0 Å². The minimum Gasteiger partial charge on any atom is -0.444 e. The Hall–Kier alpha value is -2.73. The van der Waals surface area contributed by atoms with Crippen LogP contribution in [0.5, 0.6) is 0 Å². The Labute approximate surface area is 219 Å². The van der Waals surface area contributed by atoms with Crippen LogP contribution in [0.1, 0.15) is 94.6 Å². The molecular weight excluding hydrogens is 477 g/mol. The van der Waals surface area contributed by atoms with Crippen LogP contribution in [0.15, 0.2) is 31.4 Å². The lowest BCUT2D eigenvalue weighted by Gasteiger charge is -2.37. The number of rotatable bonds is 8. The van der Waals surface area contributed by atoms with Gasteiger partial charge in [-0.15, -0.1) is 0 Å². The number of carbonyl (C=O) groups excluding carboxylic acids is 1. The lowest BCUT2D eigenvalue weighted by Crippen LogP contribution is -2.41. The Morgan fingerprint density at radius 3 is 2.56 bits per heavy atom. The number of allylic oxidation sites excluding steroid dienone is 2. The summed E-state index contributed by atoms with van der Waals surface area (Å²) in [5.74, 6) is -0.281. The molecular formula is C29H37ClFN3O2. The van der Waals surface area contributed by atoms with E-state index in [0.717, 1.165) is 40.8 Å². The van der Waals surface area contributed by atoms with Crippen molar-refractivity contribution in [1.29, 1.82) is 0 Å². The van der Waals surface area contributed by atoms with Gasteiger partial charge in [0.2, 0.25) is 0 Å². The van der Waals surface area contributed by atoms with E-state index in [9.17, 15) is 9.18 Å². The van der Waals surface area contributed by atoms with E-state index in [-0.39, 0.29) is 17.3 Å². The number of alkyl carbamates (subject to hydrolysis) is 1. The number of nitrogens with one attached hydrogen (secondary N) is 1. The summed E-state index contributed by atoms with van der Waals surface area (Å²) in [5.41, 5.74) is 4.47. The van der Waals surface area contributed by atoms with E-state index in [1.165, 1.54) is 6.07 Å². The van der Waals surface area contributed by atoms with E-state index in [1.807, 2.05) is 34.6 Å².